The Balaban J connectivity index is 3.12. The zero-order valence-corrected chi connectivity index (χ0v) is 10.3. The fraction of sp³-hybridized carbons (Fsp3) is 0.417. The first-order valence-electron chi connectivity index (χ1n) is 5.15. The molecule has 1 rings (SSSR count). The van der Waals surface area contributed by atoms with Crippen LogP contribution in [0.15, 0.2) is 12.1 Å². The van der Waals surface area contributed by atoms with E-state index < -0.39 is 5.97 Å². The van der Waals surface area contributed by atoms with E-state index in [9.17, 15) is 9.90 Å². The van der Waals surface area contributed by atoms with E-state index in [2.05, 4.69) is 0 Å². The second-order valence-electron chi connectivity index (χ2n) is 3.68. The lowest BCUT2D eigenvalue weighted by Gasteiger charge is -2.12. The van der Waals surface area contributed by atoms with E-state index in [1.54, 1.807) is 13.8 Å². The summed E-state index contributed by atoms with van der Waals surface area (Å²) in [6.07, 6.45) is -0.215. The maximum absolute atomic E-state index is 11.7. The SMILES string of the molecule is COc1cc(C(=O)OC(C)C)cc(OC)c1O. The van der Waals surface area contributed by atoms with Crippen LogP contribution >= 0.6 is 0 Å². The molecule has 0 aliphatic heterocycles. The third kappa shape index (κ3) is 3.03. The number of phenolic OH excluding ortho intramolecular Hbond substituents is 1. The third-order valence-electron chi connectivity index (χ3n) is 2.06. The van der Waals surface area contributed by atoms with Crippen LogP contribution in [0.1, 0.15) is 24.2 Å². The van der Waals surface area contributed by atoms with Gasteiger partial charge in [0.1, 0.15) is 0 Å². The van der Waals surface area contributed by atoms with Gasteiger partial charge in [0.25, 0.3) is 0 Å². The highest BCUT2D eigenvalue weighted by atomic mass is 16.5. The minimum atomic E-state index is -0.489. The molecule has 0 saturated carbocycles. The lowest BCUT2D eigenvalue weighted by Crippen LogP contribution is -2.11. The highest BCUT2D eigenvalue weighted by Gasteiger charge is 2.17. The molecule has 0 amide bonds. The minimum absolute atomic E-state index is 0.143. The van der Waals surface area contributed by atoms with Crippen LogP contribution < -0.4 is 9.47 Å². The van der Waals surface area contributed by atoms with Crippen LogP contribution in [-0.2, 0) is 4.74 Å². The van der Waals surface area contributed by atoms with Crippen LogP contribution in [0, 0.1) is 0 Å². The van der Waals surface area contributed by atoms with Gasteiger partial charge in [0.2, 0.25) is 5.75 Å². The molecule has 17 heavy (non-hydrogen) atoms. The summed E-state index contributed by atoms with van der Waals surface area (Å²) in [5, 5.41) is 9.67. The number of benzene rings is 1. The number of hydrogen-bond donors (Lipinski definition) is 1. The zero-order valence-electron chi connectivity index (χ0n) is 10.3. The van der Waals surface area contributed by atoms with Crippen LogP contribution in [0.25, 0.3) is 0 Å². The normalized spacial score (nSPS) is 10.2. The summed E-state index contributed by atoms with van der Waals surface area (Å²) in [4.78, 5) is 11.7. The fourth-order valence-electron chi connectivity index (χ4n) is 1.29. The standard InChI is InChI=1S/C12H16O5/c1-7(2)17-12(14)8-5-9(15-3)11(13)10(6-8)16-4/h5-7,13H,1-4H3. The van der Waals surface area contributed by atoms with Crippen molar-refractivity contribution >= 4 is 5.97 Å². The summed E-state index contributed by atoms with van der Waals surface area (Å²) in [6.45, 7) is 3.51. The molecule has 0 bridgehead atoms. The first-order chi connectivity index (χ1) is 7.99. The van der Waals surface area contributed by atoms with Crippen molar-refractivity contribution < 1.29 is 24.1 Å². The van der Waals surface area contributed by atoms with Gasteiger partial charge in [-0.25, -0.2) is 4.79 Å². The van der Waals surface area contributed by atoms with E-state index in [4.69, 9.17) is 14.2 Å². The highest BCUT2D eigenvalue weighted by molar-refractivity contribution is 5.91. The third-order valence-corrected chi connectivity index (χ3v) is 2.06. The van der Waals surface area contributed by atoms with Crippen molar-refractivity contribution in [2.75, 3.05) is 14.2 Å². The number of aromatic hydroxyl groups is 1. The van der Waals surface area contributed by atoms with Gasteiger partial charge in [0, 0.05) is 0 Å². The molecule has 1 aromatic rings. The number of rotatable bonds is 4. The Bertz CT molecular complexity index is 386. The summed E-state index contributed by atoms with van der Waals surface area (Å²) in [5.41, 5.74) is 0.269. The minimum Gasteiger partial charge on any atom is -0.502 e. The summed E-state index contributed by atoms with van der Waals surface area (Å²) in [5.74, 6) is -0.298. The summed E-state index contributed by atoms with van der Waals surface area (Å²) in [6, 6.07) is 2.81. The average Bonchev–Trinajstić information content (AvgIpc) is 2.28. The van der Waals surface area contributed by atoms with Crippen LogP contribution in [0.2, 0.25) is 0 Å². The molecule has 0 aliphatic carbocycles. The second kappa shape index (κ2) is 5.43. The largest absolute Gasteiger partial charge is 0.502 e. The van der Waals surface area contributed by atoms with Gasteiger partial charge in [0.15, 0.2) is 11.5 Å². The topological polar surface area (TPSA) is 65.0 Å². The van der Waals surface area contributed by atoms with Gasteiger partial charge >= 0.3 is 5.97 Å². The van der Waals surface area contributed by atoms with E-state index in [-0.39, 0.29) is 28.9 Å². The summed E-state index contributed by atoms with van der Waals surface area (Å²) in [7, 11) is 2.79. The molecular formula is C12H16O5. The lowest BCUT2D eigenvalue weighted by molar-refractivity contribution is 0.0377. The molecule has 5 heteroatoms. The van der Waals surface area contributed by atoms with Gasteiger partial charge in [0.05, 0.1) is 25.9 Å². The van der Waals surface area contributed by atoms with Crippen molar-refractivity contribution in [3.63, 3.8) is 0 Å². The second-order valence-corrected chi connectivity index (χ2v) is 3.68. The maximum atomic E-state index is 11.7. The van der Waals surface area contributed by atoms with Gasteiger partial charge in [-0.2, -0.15) is 0 Å². The molecule has 0 saturated heterocycles. The van der Waals surface area contributed by atoms with E-state index in [0.717, 1.165) is 0 Å². The number of carbonyl (C=O) groups excluding carboxylic acids is 1. The number of hydrogen-bond acceptors (Lipinski definition) is 5. The summed E-state index contributed by atoms with van der Waals surface area (Å²) < 4.78 is 14.9. The Hall–Kier alpha value is -1.91. The van der Waals surface area contributed by atoms with Gasteiger partial charge in [-0.15, -0.1) is 0 Å². The van der Waals surface area contributed by atoms with E-state index in [1.165, 1.54) is 26.4 Å². The number of methoxy groups -OCH3 is 2. The van der Waals surface area contributed by atoms with Crippen LogP contribution in [0.5, 0.6) is 17.2 Å². The van der Waals surface area contributed by atoms with Crippen LogP contribution in [-0.4, -0.2) is 31.4 Å². The molecule has 5 nitrogen and oxygen atoms in total. The maximum Gasteiger partial charge on any atom is 0.338 e. The first kappa shape index (κ1) is 13.2. The smallest absolute Gasteiger partial charge is 0.338 e. The number of carbonyl (C=O) groups is 1. The van der Waals surface area contributed by atoms with Gasteiger partial charge < -0.3 is 19.3 Å². The van der Waals surface area contributed by atoms with E-state index >= 15 is 0 Å². The monoisotopic (exact) mass is 240 g/mol. The molecular weight excluding hydrogens is 224 g/mol. The fourth-order valence-corrected chi connectivity index (χ4v) is 1.29. The molecule has 1 N–H and O–H groups in total. The van der Waals surface area contributed by atoms with Crippen LogP contribution in [0.4, 0.5) is 0 Å². The molecule has 0 unspecified atom stereocenters. The predicted octanol–water partition coefficient (Wildman–Crippen LogP) is 1.97. The number of ether oxygens (including phenoxy) is 3. The zero-order chi connectivity index (χ0) is 13.0. The molecule has 0 aromatic heterocycles. The van der Waals surface area contributed by atoms with Crippen molar-refractivity contribution in [3.8, 4) is 17.2 Å². The average molecular weight is 240 g/mol. The van der Waals surface area contributed by atoms with Crippen molar-refractivity contribution in [1.29, 1.82) is 0 Å². The highest BCUT2D eigenvalue weighted by Crippen LogP contribution is 2.37. The van der Waals surface area contributed by atoms with Crippen molar-refractivity contribution in [2.45, 2.75) is 20.0 Å². The molecule has 0 heterocycles. The van der Waals surface area contributed by atoms with Crippen LogP contribution in [0.3, 0.4) is 0 Å². The molecule has 0 atom stereocenters. The molecule has 0 aliphatic rings. The van der Waals surface area contributed by atoms with Gasteiger partial charge in [-0.3, -0.25) is 0 Å². The Morgan fingerprint density at radius 1 is 1.18 bits per heavy atom. The quantitative estimate of drug-likeness (QED) is 0.815. The first-order valence-corrected chi connectivity index (χ1v) is 5.15. The van der Waals surface area contributed by atoms with Gasteiger partial charge in [-0.05, 0) is 26.0 Å². The predicted molar refractivity (Wildman–Crippen MR) is 61.8 cm³/mol. The molecule has 94 valence electrons. The Kier molecular flexibility index (Phi) is 4.20. The van der Waals surface area contributed by atoms with Crippen molar-refractivity contribution in [3.05, 3.63) is 17.7 Å². The summed E-state index contributed by atoms with van der Waals surface area (Å²) >= 11 is 0. The molecule has 1 aromatic carbocycles. The van der Waals surface area contributed by atoms with Gasteiger partial charge in [-0.1, -0.05) is 0 Å². The number of phenols is 1. The molecule has 0 spiro atoms. The molecule has 0 fully saturated rings. The Morgan fingerprint density at radius 2 is 1.65 bits per heavy atom. The van der Waals surface area contributed by atoms with E-state index in [0.29, 0.717) is 0 Å². The molecule has 0 radical (unpaired) electrons. The van der Waals surface area contributed by atoms with E-state index in [1.807, 2.05) is 0 Å². The Labute approximate surface area is 99.9 Å². The number of esters is 1. The lowest BCUT2D eigenvalue weighted by atomic mass is 10.2. The van der Waals surface area contributed by atoms with Crippen molar-refractivity contribution in [1.82, 2.24) is 0 Å². The Morgan fingerprint density at radius 3 is 2.00 bits per heavy atom. The van der Waals surface area contributed by atoms with Crippen molar-refractivity contribution in [2.24, 2.45) is 0 Å².